The number of ketones is 1. The number of hydrogen-bond donors (Lipinski definition) is 0. The van der Waals surface area contributed by atoms with Crippen LogP contribution in [0.3, 0.4) is 0 Å². The second-order valence-electron chi connectivity index (χ2n) is 7.01. The molecule has 5 rings (SSSR count). The SMILES string of the molecule is O=C(Cc1c2n(c3ccccc13)CCc1ccccc1-2)c1cccc(Br)c1. The molecule has 0 unspecified atom stereocenters. The highest BCUT2D eigenvalue weighted by Crippen LogP contribution is 2.39. The highest BCUT2D eigenvalue weighted by Gasteiger charge is 2.25. The number of Topliss-reactive ketones (excluding diaryl/α,β-unsaturated/α-hetero) is 1. The van der Waals surface area contributed by atoms with Gasteiger partial charge in [0.2, 0.25) is 0 Å². The fourth-order valence-corrected chi connectivity index (χ4v) is 4.62. The summed E-state index contributed by atoms with van der Waals surface area (Å²) in [5.41, 5.74) is 6.95. The molecule has 0 saturated heterocycles. The number of halogens is 1. The van der Waals surface area contributed by atoms with Crippen LogP contribution in [0.4, 0.5) is 0 Å². The van der Waals surface area contributed by atoms with Crippen LogP contribution in [0.2, 0.25) is 0 Å². The van der Waals surface area contributed by atoms with E-state index in [1.807, 2.05) is 24.3 Å². The number of benzene rings is 3. The number of carbonyl (C=O) groups is 1. The third kappa shape index (κ3) is 2.74. The van der Waals surface area contributed by atoms with Crippen LogP contribution in [0.5, 0.6) is 0 Å². The first-order valence-electron chi connectivity index (χ1n) is 9.19. The summed E-state index contributed by atoms with van der Waals surface area (Å²) in [6, 6.07) is 24.7. The van der Waals surface area contributed by atoms with Crippen LogP contribution in [0.25, 0.3) is 22.2 Å². The van der Waals surface area contributed by atoms with E-state index in [-0.39, 0.29) is 5.78 Å². The maximum atomic E-state index is 13.1. The second-order valence-corrected chi connectivity index (χ2v) is 7.93. The van der Waals surface area contributed by atoms with E-state index in [0.717, 1.165) is 28.6 Å². The fourth-order valence-electron chi connectivity index (χ4n) is 4.22. The molecule has 3 aromatic carbocycles. The number of nitrogens with zero attached hydrogens (tertiary/aromatic N) is 1. The van der Waals surface area contributed by atoms with Crippen LogP contribution in [0.1, 0.15) is 21.5 Å². The lowest BCUT2D eigenvalue weighted by Gasteiger charge is -2.21. The molecule has 27 heavy (non-hydrogen) atoms. The summed E-state index contributed by atoms with van der Waals surface area (Å²) in [6.45, 7) is 0.956. The third-order valence-electron chi connectivity index (χ3n) is 5.44. The van der Waals surface area contributed by atoms with Gasteiger partial charge in [-0.2, -0.15) is 0 Å². The molecule has 0 bridgehead atoms. The van der Waals surface area contributed by atoms with Crippen molar-refractivity contribution in [3.05, 3.63) is 94.0 Å². The summed E-state index contributed by atoms with van der Waals surface area (Å²) in [6.07, 6.45) is 1.44. The average Bonchev–Trinajstić information content (AvgIpc) is 3.02. The van der Waals surface area contributed by atoms with Crippen molar-refractivity contribution in [3.8, 4) is 11.3 Å². The number of carbonyl (C=O) groups excluding carboxylic acids is 1. The lowest BCUT2D eigenvalue weighted by Crippen LogP contribution is -2.12. The molecule has 1 aliphatic heterocycles. The molecular weight excluding hydrogens is 398 g/mol. The van der Waals surface area contributed by atoms with Gasteiger partial charge in [-0.1, -0.05) is 70.5 Å². The minimum absolute atomic E-state index is 0.151. The first-order chi connectivity index (χ1) is 13.2. The topological polar surface area (TPSA) is 22.0 Å². The Labute approximate surface area is 166 Å². The maximum Gasteiger partial charge on any atom is 0.167 e. The van der Waals surface area contributed by atoms with Crippen molar-refractivity contribution < 1.29 is 4.79 Å². The highest BCUT2D eigenvalue weighted by atomic mass is 79.9. The van der Waals surface area contributed by atoms with Crippen molar-refractivity contribution in [3.63, 3.8) is 0 Å². The minimum atomic E-state index is 0.151. The molecule has 4 aromatic rings. The molecular formula is C24H18BrNO. The van der Waals surface area contributed by atoms with Crippen molar-refractivity contribution in [1.29, 1.82) is 0 Å². The molecule has 0 aliphatic carbocycles. The van der Waals surface area contributed by atoms with Crippen molar-refractivity contribution >= 4 is 32.6 Å². The van der Waals surface area contributed by atoms with Gasteiger partial charge in [0.25, 0.3) is 0 Å². The Morgan fingerprint density at radius 3 is 2.67 bits per heavy atom. The Morgan fingerprint density at radius 2 is 1.78 bits per heavy atom. The van der Waals surface area contributed by atoms with Gasteiger partial charge in [-0.25, -0.2) is 0 Å². The molecule has 0 radical (unpaired) electrons. The van der Waals surface area contributed by atoms with E-state index >= 15 is 0 Å². The molecule has 2 heterocycles. The molecule has 0 atom stereocenters. The summed E-state index contributed by atoms with van der Waals surface area (Å²) in [5.74, 6) is 0.151. The first-order valence-corrected chi connectivity index (χ1v) is 9.99. The number of para-hydroxylation sites is 1. The molecule has 1 aliphatic rings. The lowest BCUT2D eigenvalue weighted by atomic mass is 9.93. The van der Waals surface area contributed by atoms with E-state index in [9.17, 15) is 4.79 Å². The molecule has 0 spiro atoms. The highest BCUT2D eigenvalue weighted by molar-refractivity contribution is 9.10. The standard InChI is InChI=1S/C24H18BrNO/c25-18-8-5-7-17(14-18)23(27)15-21-20-10-3-4-11-22(20)26-13-12-16-6-1-2-9-19(16)24(21)26/h1-11,14H,12-13,15H2. The smallest absolute Gasteiger partial charge is 0.167 e. The molecule has 0 amide bonds. The average molecular weight is 416 g/mol. The summed E-state index contributed by atoms with van der Waals surface area (Å²) in [7, 11) is 0. The van der Waals surface area contributed by atoms with Gasteiger partial charge in [-0.3, -0.25) is 4.79 Å². The van der Waals surface area contributed by atoms with Crippen LogP contribution >= 0.6 is 15.9 Å². The van der Waals surface area contributed by atoms with Crippen molar-refractivity contribution in [2.75, 3.05) is 0 Å². The molecule has 3 heteroatoms. The van der Waals surface area contributed by atoms with Gasteiger partial charge in [0.1, 0.15) is 0 Å². The molecule has 2 nitrogen and oxygen atoms in total. The normalized spacial score (nSPS) is 12.6. The maximum absolute atomic E-state index is 13.1. The largest absolute Gasteiger partial charge is 0.340 e. The van der Waals surface area contributed by atoms with Crippen LogP contribution in [-0.2, 0) is 19.4 Å². The van der Waals surface area contributed by atoms with Crippen molar-refractivity contribution in [2.24, 2.45) is 0 Å². The van der Waals surface area contributed by atoms with Gasteiger partial charge >= 0.3 is 0 Å². The summed E-state index contributed by atoms with van der Waals surface area (Å²) < 4.78 is 3.32. The second kappa shape index (κ2) is 6.50. The van der Waals surface area contributed by atoms with Crippen LogP contribution in [0.15, 0.2) is 77.3 Å². The van der Waals surface area contributed by atoms with Gasteiger partial charge < -0.3 is 4.57 Å². The zero-order valence-electron chi connectivity index (χ0n) is 14.8. The zero-order valence-corrected chi connectivity index (χ0v) is 16.4. The minimum Gasteiger partial charge on any atom is -0.340 e. The van der Waals surface area contributed by atoms with Crippen LogP contribution < -0.4 is 0 Å². The van der Waals surface area contributed by atoms with Gasteiger partial charge in [0, 0.05) is 39.5 Å². The Bertz CT molecular complexity index is 1190. The van der Waals surface area contributed by atoms with Gasteiger partial charge in [0.05, 0.1) is 5.69 Å². The lowest BCUT2D eigenvalue weighted by molar-refractivity contribution is 0.0993. The molecule has 0 fully saturated rings. The van der Waals surface area contributed by atoms with Crippen LogP contribution in [-0.4, -0.2) is 10.4 Å². The van der Waals surface area contributed by atoms with Crippen molar-refractivity contribution in [1.82, 2.24) is 4.57 Å². The number of aromatic nitrogens is 1. The Hall–Kier alpha value is -2.65. The molecule has 132 valence electrons. The zero-order chi connectivity index (χ0) is 18.4. The number of aryl methyl sites for hydroxylation is 2. The van der Waals surface area contributed by atoms with Crippen LogP contribution in [0, 0.1) is 0 Å². The van der Waals surface area contributed by atoms with Gasteiger partial charge in [0.15, 0.2) is 5.78 Å². The number of rotatable bonds is 3. The van der Waals surface area contributed by atoms with Gasteiger partial charge in [-0.15, -0.1) is 0 Å². The van der Waals surface area contributed by atoms with Crippen molar-refractivity contribution in [2.45, 2.75) is 19.4 Å². The Morgan fingerprint density at radius 1 is 0.963 bits per heavy atom. The Kier molecular flexibility index (Phi) is 3.98. The molecule has 0 saturated carbocycles. The third-order valence-corrected chi connectivity index (χ3v) is 5.93. The van der Waals surface area contributed by atoms with Gasteiger partial charge in [-0.05, 0) is 35.7 Å². The van der Waals surface area contributed by atoms with E-state index in [4.69, 9.17) is 0 Å². The fraction of sp³-hybridized carbons (Fsp3) is 0.125. The number of fused-ring (bicyclic) bond motifs is 5. The summed E-state index contributed by atoms with van der Waals surface area (Å²) in [5, 5.41) is 1.19. The Balaban J connectivity index is 1.70. The number of hydrogen-bond acceptors (Lipinski definition) is 1. The predicted molar refractivity (Wildman–Crippen MR) is 113 cm³/mol. The van der Waals surface area contributed by atoms with E-state index in [0.29, 0.717) is 6.42 Å². The quantitative estimate of drug-likeness (QED) is 0.373. The van der Waals surface area contributed by atoms with E-state index in [1.54, 1.807) is 0 Å². The first kappa shape index (κ1) is 16.5. The molecule has 0 N–H and O–H groups in total. The van der Waals surface area contributed by atoms with E-state index in [2.05, 4.69) is 69.0 Å². The predicted octanol–water partition coefficient (Wildman–Crippen LogP) is 6.05. The molecule has 1 aromatic heterocycles. The summed E-state index contributed by atoms with van der Waals surface area (Å²) in [4.78, 5) is 13.1. The summed E-state index contributed by atoms with van der Waals surface area (Å²) >= 11 is 3.47. The van der Waals surface area contributed by atoms with E-state index < -0.39 is 0 Å². The monoisotopic (exact) mass is 415 g/mol. The van der Waals surface area contributed by atoms with E-state index in [1.165, 1.54) is 27.7 Å².